The van der Waals surface area contributed by atoms with Gasteiger partial charge in [0.2, 0.25) is 0 Å². The summed E-state index contributed by atoms with van der Waals surface area (Å²) in [5.41, 5.74) is 2.62. The van der Waals surface area contributed by atoms with E-state index >= 15 is 0 Å². The second-order valence-electron chi connectivity index (χ2n) is 6.66. The topological polar surface area (TPSA) is 80.2 Å². The van der Waals surface area contributed by atoms with Gasteiger partial charge in [-0.15, -0.1) is 23.4 Å². The van der Waals surface area contributed by atoms with Crippen LogP contribution in [-0.4, -0.2) is 54.6 Å². The number of nitrogens with one attached hydrogen (secondary N) is 1. The first kappa shape index (κ1) is 19.3. The fourth-order valence-electron chi connectivity index (χ4n) is 3.21. The quantitative estimate of drug-likeness (QED) is 0.737. The number of benzene rings is 1. The van der Waals surface area contributed by atoms with Gasteiger partial charge in [0.1, 0.15) is 12.7 Å². The lowest BCUT2D eigenvalue weighted by atomic mass is 10.0. The highest BCUT2D eigenvalue weighted by Crippen LogP contribution is 2.34. The molecule has 0 spiro atoms. The van der Waals surface area contributed by atoms with Gasteiger partial charge >= 0.3 is 0 Å². The Hall–Kier alpha value is -2.03. The zero-order valence-corrected chi connectivity index (χ0v) is 16.7. The molecule has 2 unspecified atom stereocenters. The standard InChI is InChI=1S/C19H20ClN3O4S/c20-17-6-5-16(28-17)19(25)21-10-14-9-15(22-27-14)12-1-3-13(4-2-12)23-7-8-26-11-18(23)24/h1-5,14,17H,6-11H2,(H,21,25). The van der Waals surface area contributed by atoms with E-state index in [9.17, 15) is 9.59 Å². The maximum atomic E-state index is 12.1. The summed E-state index contributed by atoms with van der Waals surface area (Å²) in [7, 11) is 0. The van der Waals surface area contributed by atoms with Gasteiger partial charge in [0.25, 0.3) is 11.8 Å². The third-order valence-electron chi connectivity index (χ3n) is 4.69. The smallest absolute Gasteiger partial charge is 0.257 e. The minimum Gasteiger partial charge on any atom is -0.390 e. The zero-order chi connectivity index (χ0) is 19.5. The van der Waals surface area contributed by atoms with E-state index in [0.717, 1.165) is 17.0 Å². The number of ether oxygens (including phenoxy) is 1. The number of rotatable bonds is 5. The fourth-order valence-corrected chi connectivity index (χ4v) is 4.42. The normalized spacial score (nSPS) is 24.6. The number of morpholine rings is 1. The number of alkyl halides is 1. The highest BCUT2D eigenvalue weighted by Gasteiger charge is 2.26. The van der Waals surface area contributed by atoms with Crippen LogP contribution in [0.4, 0.5) is 5.69 Å². The van der Waals surface area contributed by atoms with E-state index in [4.69, 9.17) is 21.2 Å². The Bertz CT molecular complexity index is 827. The Balaban J connectivity index is 1.29. The van der Waals surface area contributed by atoms with Crippen LogP contribution in [-0.2, 0) is 19.2 Å². The largest absolute Gasteiger partial charge is 0.390 e. The van der Waals surface area contributed by atoms with E-state index < -0.39 is 0 Å². The van der Waals surface area contributed by atoms with Gasteiger partial charge in [0.05, 0.1) is 28.5 Å². The number of thioether (sulfide) groups is 1. The molecular weight excluding hydrogens is 402 g/mol. The molecule has 7 nitrogen and oxygen atoms in total. The number of hydrogen-bond donors (Lipinski definition) is 1. The zero-order valence-electron chi connectivity index (χ0n) is 15.1. The van der Waals surface area contributed by atoms with Crippen LogP contribution in [0.2, 0.25) is 0 Å². The molecule has 4 rings (SSSR count). The monoisotopic (exact) mass is 421 g/mol. The van der Waals surface area contributed by atoms with Crippen molar-refractivity contribution in [2.45, 2.75) is 23.7 Å². The predicted molar refractivity (Wildman–Crippen MR) is 109 cm³/mol. The van der Waals surface area contributed by atoms with Crippen molar-refractivity contribution in [3.05, 3.63) is 40.8 Å². The molecule has 1 saturated heterocycles. The molecule has 1 aromatic rings. The van der Waals surface area contributed by atoms with Gasteiger partial charge in [-0.05, 0) is 24.1 Å². The summed E-state index contributed by atoms with van der Waals surface area (Å²) in [5.74, 6) is -0.155. The van der Waals surface area contributed by atoms with Crippen LogP contribution >= 0.6 is 23.4 Å². The lowest BCUT2D eigenvalue weighted by Gasteiger charge is -2.26. The lowest BCUT2D eigenvalue weighted by Crippen LogP contribution is -2.41. The molecular formula is C19H20ClN3O4S. The molecule has 28 heavy (non-hydrogen) atoms. The van der Waals surface area contributed by atoms with E-state index in [-0.39, 0.29) is 29.2 Å². The van der Waals surface area contributed by atoms with Crippen LogP contribution in [0, 0.1) is 0 Å². The Morgan fingerprint density at radius 2 is 2.18 bits per heavy atom. The molecule has 0 bridgehead atoms. The van der Waals surface area contributed by atoms with Gasteiger partial charge < -0.3 is 19.8 Å². The van der Waals surface area contributed by atoms with Crippen LogP contribution in [0.3, 0.4) is 0 Å². The summed E-state index contributed by atoms with van der Waals surface area (Å²) in [6.07, 6.45) is 2.98. The Kier molecular flexibility index (Phi) is 5.89. The van der Waals surface area contributed by atoms with Gasteiger partial charge in [0.15, 0.2) is 0 Å². The fraction of sp³-hybridized carbons (Fsp3) is 0.421. The minimum absolute atomic E-state index is 0.0348. The second-order valence-corrected chi connectivity index (χ2v) is 8.69. The molecule has 0 radical (unpaired) electrons. The van der Waals surface area contributed by atoms with Crippen molar-refractivity contribution in [3.63, 3.8) is 0 Å². The van der Waals surface area contributed by atoms with Gasteiger partial charge in [-0.2, -0.15) is 0 Å². The summed E-state index contributed by atoms with van der Waals surface area (Å²) in [5, 5.41) is 7.03. The average molecular weight is 422 g/mol. The van der Waals surface area contributed by atoms with E-state index in [0.29, 0.717) is 37.4 Å². The first-order valence-electron chi connectivity index (χ1n) is 9.10. The molecule has 2 atom stereocenters. The van der Waals surface area contributed by atoms with Crippen molar-refractivity contribution in [3.8, 4) is 0 Å². The van der Waals surface area contributed by atoms with Crippen LogP contribution in [0.25, 0.3) is 0 Å². The third-order valence-corrected chi connectivity index (χ3v) is 6.19. The maximum absolute atomic E-state index is 12.1. The van der Waals surface area contributed by atoms with Crippen LogP contribution in [0.1, 0.15) is 18.4 Å². The summed E-state index contributed by atoms with van der Waals surface area (Å²) < 4.78 is 5.10. The van der Waals surface area contributed by atoms with Crippen molar-refractivity contribution in [2.75, 3.05) is 31.2 Å². The Morgan fingerprint density at radius 1 is 1.36 bits per heavy atom. The number of halogens is 1. The van der Waals surface area contributed by atoms with E-state index in [1.165, 1.54) is 11.8 Å². The summed E-state index contributed by atoms with van der Waals surface area (Å²) in [6.45, 7) is 1.61. The van der Waals surface area contributed by atoms with Gasteiger partial charge in [0, 0.05) is 18.7 Å². The summed E-state index contributed by atoms with van der Waals surface area (Å²) >= 11 is 7.37. The van der Waals surface area contributed by atoms with Gasteiger partial charge in [-0.25, -0.2) is 0 Å². The molecule has 9 heteroatoms. The third kappa shape index (κ3) is 4.34. The molecule has 3 heterocycles. The molecule has 1 aromatic carbocycles. The van der Waals surface area contributed by atoms with Crippen LogP contribution in [0.5, 0.6) is 0 Å². The summed E-state index contributed by atoms with van der Waals surface area (Å²) in [6, 6.07) is 7.68. The van der Waals surface area contributed by atoms with Crippen molar-refractivity contribution < 1.29 is 19.2 Å². The van der Waals surface area contributed by atoms with Crippen LogP contribution < -0.4 is 10.2 Å². The molecule has 3 aliphatic heterocycles. The highest BCUT2D eigenvalue weighted by molar-refractivity contribution is 8.05. The number of amides is 2. The predicted octanol–water partition coefficient (Wildman–Crippen LogP) is 2.24. The molecule has 148 valence electrons. The van der Waals surface area contributed by atoms with Crippen LogP contribution in [0.15, 0.2) is 40.4 Å². The van der Waals surface area contributed by atoms with Crippen molar-refractivity contribution >= 4 is 46.6 Å². The molecule has 2 amide bonds. The lowest BCUT2D eigenvalue weighted by molar-refractivity contribution is -0.125. The number of carbonyl (C=O) groups excluding carboxylic acids is 2. The number of carbonyl (C=O) groups is 2. The van der Waals surface area contributed by atoms with E-state index in [1.54, 1.807) is 4.90 Å². The van der Waals surface area contributed by atoms with Gasteiger partial charge in [-0.1, -0.05) is 23.4 Å². The number of nitrogens with zero attached hydrogens (tertiary/aromatic N) is 2. The van der Waals surface area contributed by atoms with Crippen molar-refractivity contribution in [1.29, 1.82) is 0 Å². The van der Waals surface area contributed by atoms with Crippen molar-refractivity contribution in [2.24, 2.45) is 5.16 Å². The highest BCUT2D eigenvalue weighted by atomic mass is 35.5. The number of oxime groups is 1. The summed E-state index contributed by atoms with van der Waals surface area (Å²) in [4.78, 5) is 31.9. The Labute approximate surface area is 172 Å². The molecule has 0 aliphatic carbocycles. The van der Waals surface area contributed by atoms with E-state index in [1.807, 2.05) is 30.3 Å². The average Bonchev–Trinajstić information content (AvgIpc) is 3.36. The number of anilines is 1. The SMILES string of the molecule is O=C(NCC1CC(c2ccc(N3CCOCC3=O)cc2)=NO1)C1=CCC(Cl)S1. The van der Waals surface area contributed by atoms with Gasteiger partial charge in [-0.3, -0.25) is 9.59 Å². The molecule has 0 saturated carbocycles. The first-order chi connectivity index (χ1) is 13.6. The Morgan fingerprint density at radius 3 is 2.89 bits per heavy atom. The minimum atomic E-state index is -0.196. The maximum Gasteiger partial charge on any atom is 0.257 e. The van der Waals surface area contributed by atoms with Crippen molar-refractivity contribution in [1.82, 2.24) is 5.32 Å². The molecule has 1 N–H and O–H groups in total. The molecule has 1 fully saturated rings. The second kappa shape index (κ2) is 8.55. The molecule has 0 aromatic heterocycles. The number of hydrogen-bond acceptors (Lipinski definition) is 6. The first-order valence-corrected chi connectivity index (χ1v) is 10.4. The molecule has 3 aliphatic rings. The van der Waals surface area contributed by atoms with E-state index in [2.05, 4.69) is 10.5 Å². The number of allylic oxidation sites excluding steroid dienone is 1.